The summed E-state index contributed by atoms with van der Waals surface area (Å²) in [5.41, 5.74) is 0.815. The van der Waals surface area contributed by atoms with Gasteiger partial charge in [0.2, 0.25) is 11.8 Å². The van der Waals surface area contributed by atoms with Gasteiger partial charge in [-0.25, -0.2) is 0 Å². The van der Waals surface area contributed by atoms with Crippen LogP contribution in [0.5, 0.6) is 11.5 Å². The Morgan fingerprint density at radius 1 is 1.06 bits per heavy atom. The van der Waals surface area contributed by atoms with Gasteiger partial charge in [-0.3, -0.25) is 9.59 Å². The van der Waals surface area contributed by atoms with Crippen molar-refractivity contribution in [2.75, 3.05) is 20.3 Å². The predicted octanol–water partition coefficient (Wildman–Crippen LogP) is 4.45. The molecule has 0 saturated heterocycles. The SMILES string of the molecule is CCNC(=O)C(CC)N(Cc1ccccc1Cl)C(=O)CCCOc1ccc(OC)cc1. The molecule has 2 amide bonds. The van der Waals surface area contributed by atoms with Crippen LogP contribution in [-0.4, -0.2) is 43.0 Å². The molecule has 1 N–H and O–H groups in total. The Kier molecular flexibility index (Phi) is 10.2. The van der Waals surface area contributed by atoms with Crippen LogP contribution < -0.4 is 14.8 Å². The van der Waals surface area contributed by atoms with E-state index in [1.807, 2.05) is 56.3 Å². The number of ether oxygens (including phenoxy) is 2. The third-order valence-corrected chi connectivity index (χ3v) is 5.27. The van der Waals surface area contributed by atoms with E-state index in [-0.39, 0.29) is 24.8 Å². The quantitative estimate of drug-likeness (QED) is 0.489. The summed E-state index contributed by atoms with van der Waals surface area (Å²) in [5.74, 6) is 1.22. The summed E-state index contributed by atoms with van der Waals surface area (Å²) in [6.45, 7) is 4.96. The van der Waals surface area contributed by atoms with E-state index < -0.39 is 6.04 Å². The minimum Gasteiger partial charge on any atom is -0.497 e. The zero-order chi connectivity index (χ0) is 22.6. The fourth-order valence-corrected chi connectivity index (χ4v) is 3.45. The molecule has 2 aromatic carbocycles. The van der Waals surface area contributed by atoms with Crippen LogP contribution in [0.2, 0.25) is 5.02 Å². The van der Waals surface area contributed by atoms with Gasteiger partial charge in [-0.1, -0.05) is 36.7 Å². The Hall–Kier alpha value is -2.73. The van der Waals surface area contributed by atoms with Crippen LogP contribution in [-0.2, 0) is 16.1 Å². The molecule has 0 saturated carbocycles. The molecule has 0 aliphatic carbocycles. The topological polar surface area (TPSA) is 67.9 Å². The second kappa shape index (κ2) is 12.8. The maximum absolute atomic E-state index is 13.1. The molecule has 0 aliphatic rings. The van der Waals surface area contributed by atoms with E-state index in [0.717, 1.165) is 17.1 Å². The van der Waals surface area contributed by atoms with Crippen molar-refractivity contribution in [2.24, 2.45) is 0 Å². The second-order valence-electron chi connectivity index (χ2n) is 7.06. The molecule has 0 radical (unpaired) electrons. The van der Waals surface area contributed by atoms with Crippen LogP contribution in [0.3, 0.4) is 0 Å². The maximum atomic E-state index is 13.1. The van der Waals surface area contributed by atoms with Crippen LogP contribution in [0.4, 0.5) is 0 Å². The average Bonchev–Trinajstić information content (AvgIpc) is 2.78. The number of methoxy groups -OCH3 is 1. The maximum Gasteiger partial charge on any atom is 0.242 e. The molecule has 0 heterocycles. The number of rotatable bonds is 12. The minimum atomic E-state index is -0.550. The third-order valence-electron chi connectivity index (χ3n) is 4.90. The lowest BCUT2D eigenvalue weighted by Crippen LogP contribution is -2.49. The summed E-state index contributed by atoms with van der Waals surface area (Å²) in [6.07, 6.45) is 1.33. The van der Waals surface area contributed by atoms with E-state index in [1.165, 1.54) is 0 Å². The highest BCUT2D eigenvalue weighted by atomic mass is 35.5. The zero-order valence-corrected chi connectivity index (χ0v) is 19.2. The van der Waals surface area contributed by atoms with Gasteiger partial charge in [0.15, 0.2) is 0 Å². The number of benzene rings is 2. The molecule has 1 unspecified atom stereocenters. The van der Waals surface area contributed by atoms with E-state index in [2.05, 4.69) is 5.32 Å². The number of halogens is 1. The first kappa shape index (κ1) is 24.5. The number of nitrogens with zero attached hydrogens (tertiary/aromatic N) is 1. The summed E-state index contributed by atoms with van der Waals surface area (Å²) in [5, 5.41) is 3.41. The van der Waals surface area contributed by atoms with Gasteiger partial charge in [-0.15, -0.1) is 0 Å². The lowest BCUT2D eigenvalue weighted by Gasteiger charge is -2.31. The Labute approximate surface area is 189 Å². The molecule has 0 spiro atoms. The molecule has 168 valence electrons. The molecule has 0 aliphatic heterocycles. The molecule has 7 heteroatoms. The molecule has 2 aromatic rings. The first-order valence-corrected chi connectivity index (χ1v) is 10.9. The summed E-state index contributed by atoms with van der Waals surface area (Å²) < 4.78 is 10.9. The fourth-order valence-electron chi connectivity index (χ4n) is 3.25. The predicted molar refractivity (Wildman–Crippen MR) is 122 cm³/mol. The van der Waals surface area contributed by atoms with E-state index >= 15 is 0 Å². The number of carbonyl (C=O) groups is 2. The van der Waals surface area contributed by atoms with Gasteiger partial charge in [0, 0.05) is 24.5 Å². The van der Waals surface area contributed by atoms with Crippen molar-refractivity contribution in [2.45, 2.75) is 45.7 Å². The van der Waals surface area contributed by atoms with Crippen LogP contribution in [0.25, 0.3) is 0 Å². The first-order chi connectivity index (χ1) is 15.0. The highest BCUT2D eigenvalue weighted by Crippen LogP contribution is 2.21. The first-order valence-electron chi connectivity index (χ1n) is 10.6. The Balaban J connectivity index is 2.02. The number of hydrogen-bond donors (Lipinski definition) is 1. The number of carbonyl (C=O) groups excluding carboxylic acids is 2. The summed E-state index contributed by atoms with van der Waals surface area (Å²) in [6, 6.07) is 14.1. The molecule has 1 atom stereocenters. The number of nitrogens with one attached hydrogen (secondary N) is 1. The van der Waals surface area contributed by atoms with Gasteiger partial charge in [0.25, 0.3) is 0 Å². The van der Waals surface area contributed by atoms with Crippen LogP contribution in [0, 0.1) is 0 Å². The molecule has 6 nitrogen and oxygen atoms in total. The van der Waals surface area contributed by atoms with Crippen LogP contribution >= 0.6 is 11.6 Å². The van der Waals surface area contributed by atoms with Gasteiger partial charge in [0.1, 0.15) is 17.5 Å². The van der Waals surface area contributed by atoms with Crippen molar-refractivity contribution in [3.8, 4) is 11.5 Å². The molecular formula is C24H31ClN2O4. The van der Waals surface area contributed by atoms with Crippen molar-refractivity contribution >= 4 is 23.4 Å². The lowest BCUT2D eigenvalue weighted by atomic mass is 10.1. The zero-order valence-electron chi connectivity index (χ0n) is 18.4. The highest BCUT2D eigenvalue weighted by molar-refractivity contribution is 6.31. The van der Waals surface area contributed by atoms with Gasteiger partial charge in [0.05, 0.1) is 13.7 Å². The monoisotopic (exact) mass is 446 g/mol. The van der Waals surface area contributed by atoms with Crippen molar-refractivity contribution < 1.29 is 19.1 Å². The minimum absolute atomic E-state index is 0.101. The number of hydrogen-bond acceptors (Lipinski definition) is 4. The average molecular weight is 447 g/mol. The van der Waals surface area contributed by atoms with Crippen molar-refractivity contribution in [1.82, 2.24) is 10.2 Å². The smallest absolute Gasteiger partial charge is 0.242 e. The van der Waals surface area contributed by atoms with Crippen molar-refractivity contribution in [3.63, 3.8) is 0 Å². The highest BCUT2D eigenvalue weighted by Gasteiger charge is 2.28. The standard InChI is InChI=1S/C24H31ClN2O4/c1-4-22(24(29)26-5-2)27(17-18-9-6-7-10-21(18)25)23(28)11-8-16-31-20-14-12-19(30-3)13-15-20/h6-7,9-10,12-15,22H,4-5,8,11,16-17H2,1-3H3,(H,26,29). The van der Waals surface area contributed by atoms with Crippen molar-refractivity contribution in [1.29, 1.82) is 0 Å². The van der Waals surface area contributed by atoms with E-state index in [4.69, 9.17) is 21.1 Å². The molecule has 31 heavy (non-hydrogen) atoms. The lowest BCUT2D eigenvalue weighted by molar-refractivity contribution is -0.141. The van der Waals surface area contributed by atoms with Gasteiger partial charge >= 0.3 is 0 Å². The molecule has 0 fully saturated rings. The Morgan fingerprint density at radius 3 is 2.35 bits per heavy atom. The van der Waals surface area contributed by atoms with Crippen LogP contribution in [0.1, 0.15) is 38.7 Å². The van der Waals surface area contributed by atoms with Gasteiger partial charge in [-0.2, -0.15) is 0 Å². The van der Waals surface area contributed by atoms with E-state index in [9.17, 15) is 9.59 Å². The van der Waals surface area contributed by atoms with Gasteiger partial charge in [-0.05, 0) is 55.7 Å². The normalized spacial score (nSPS) is 11.5. The fraction of sp³-hybridized carbons (Fsp3) is 0.417. The van der Waals surface area contributed by atoms with E-state index in [0.29, 0.717) is 31.0 Å². The van der Waals surface area contributed by atoms with E-state index in [1.54, 1.807) is 18.1 Å². The van der Waals surface area contributed by atoms with Crippen molar-refractivity contribution in [3.05, 3.63) is 59.1 Å². The number of likely N-dealkylation sites (N-methyl/N-ethyl adjacent to an activating group) is 1. The molecule has 0 aromatic heterocycles. The molecular weight excluding hydrogens is 416 g/mol. The Bertz CT molecular complexity index is 842. The largest absolute Gasteiger partial charge is 0.497 e. The molecule has 2 rings (SSSR count). The number of amides is 2. The molecule has 0 bridgehead atoms. The van der Waals surface area contributed by atoms with Crippen LogP contribution in [0.15, 0.2) is 48.5 Å². The Morgan fingerprint density at radius 2 is 1.74 bits per heavy atom. The third kappa shape index (κ3) is 7.47. The van der Waals surface area contributed by atoms with Gasteiger partial charge < -0.3 is 19.7 Å². The summed E-state index contributed by atoms with van der Waals surface area (Å²) >= 11 is 6.31. The second-order valence-corrected chi connectivity index (χ2v) is 7.47. The summed E-state index contributed by atoms with van der Waals surface area (Å²) in [4.78, 5) is 27.3. The summed E-state index contributed by atoms with van der Waals surface area (Å²) in [7, 11) is 1.61.